The van der Waals surface area contributed by atoms with Gasteiger partial charge in [-0.25, -0.2) is 0 Å². The van der Waals surface area contributed by atoms with E-state index in [1.807, 2.05) is 60.7 Å². The van der Waals surface area contributed by atoms with Crippen LogP contribution in [0.2, 0.25) is 0 Å². The highest BCUT2D eigenvalue weighted by molar-refractivity contribution is 7.17. The van der Waals surface area contributed by atoms with E-state index in [4.69, 9.17) is 14.2 Å². The molecule has 0 saturated carbocycles. The summed E-state index contributed by atoms with van der Waals surface area (Å²) in [6, 6.07) is 15.2. The number of methoxy groups -OCH3 is 2. The largest absolute Gasteiger partial charge is 0.497 e. The predicted molar refractivity (Wildman–Crippen MR) is 108 cm³/mol. The second kappa shape index (κ2) is 8.10. The molecular formula is C20H18N4O3S. The Morgan fingerprint density at radius 3 is 2.50 bits per heavy atom. The topological polar surface area (TPSA) is 70.8 Å². The van der Waals surface area contributed by atoms with E-state index in [-0.39, 0.29) is 6.61 Å². The molecule has 142 valence electrons. The summed E-state index contributed by atoms with van der Waals surface area (Å²) < 4.78 is 18.0. The fraction of sp³-hybridized carbons (Fsp3) is 0.150. The quantitative estimate of drug-likeness (QED) is 0.473. The van der Waals surface area contributed by atoms with Gasteiger partial charge in [-0.1, -0.05) is 29.5 Å². The Labute approximate surface area is 165 Å². The van der Waals surface area contributed by atoms with Crippen molar-refractivity contribution in [2.24, 2.45) is 0 Å². The van der Waals surface area contributed by atoms with Crippen LogP contribution < -0.4 is 14.2 Å². The lowest BCUT2D eigenvalue weighted by molar-refractivity contribution is 0.292. The van der Waals surface area contributed by atoms with Crippen LogP contribution in [0.1, 0.15) is 16.4 Å². The van der Waals surface area contributed by atoms with Gasteiger partial charge in [0.25, 0.3) is 0 Å². The van der Waals surface area contributed by atoms with Crippen LogP contribution in [0.15, 0.2) is 48.5 Å². The van der Waals surface area contributed by atoms with E-state index in [9.17, 15) is 0 Å². The van der Waals surface area contributed by atoms with Crippen molar-refractivity contribution < 1.29 is 14.2 Å². The maximum Gasteiger partial charge on any atom is 0.235 e. The number of rotatable bonds is 7. The van der Waals surface area contributed by atoms with Crippen molar-refractivity contribution in [2.75, 3.05) is 14.2 Å². The van der Waals surface area contributed by atoms with Crippen molar-refractivity contribution in [1.82, 2.24) is 19.8 Å². The van der Waals surface area contributed by atoms with Crippen LogP contribution in [0.4, 0.5) is 0 Å². The van der Waals surface area contributed by atoms with Crippen molar-refractivity contribution in [2.45, 2.75) is 6.61 Å². The highest BCUT2D eigenvalue weighted by Gasteiger charge is 2.11. The van der Waals surface area contributed by atoms with Crippen LogP contribution in [0.5, 0.6) is 17.2 Å². The third-order valence-electron chi connectivity index (χ3n) is 4.04. The first-order chi connectivity index (χ1) is 13.8. The highest BCUT2D eigenvalue weighted by atomic mass is 32.1. The van der Waals surface area contributed by atoms with Gasteiger partial charge < -0.3 is 14.2 Å². The van der Waals surface area contributed by atoms with Crippen LogP contribution >= 0.6 is 11.3 Å². The maximum atomic E-state index is 5.78. The van der Waals surface area contributed by atoms with Crippen LogP contribution in [0.3, 0.4) is 0 Å². The average Bonchev–Trinajstić information content (AvgIpc) is 3.32. The summed E-state index contributed by atoms with van der Waals surface area (Å²) >= 11 is 1.46. The van der Waals surface area contributed by atoms with Gasteiger partial charge in [-0.05, 0) is 42.5 Å². The SMILES string of the molecule is COc1ccc(OCc2nnc3sc(C=Cc4ccccc4OC)nn23)cc1. The fourth-order valence-electron chi connectivity index (χ4n) is 2.61. The molecule has 0 aliphatic carbocycles. The van der Waals surface area contributed by atoms with Gasteiger partial charge in [0.15, 0.2) is 5.82 Å². The molecule has 0 amide bonds. The van der Waals surface area contributed by atoms with Crippen molar-refractivity contribution in [3.63, 3.8) is 0 Å². The zero-order valence-electron chi connectivity index (χ0n) is 15.4. The second-order valence-corrected chi connectivity index (χ2v) is 6.78. The Kier molecular flexibility index (Phi) is 5.20. The van der Waals surface area contributed by atoms with E-state index in [1.165, 1.54) is 11.3 Å². The van der Waals surface area contributed by atoms with Crippen molar-refractivity contribution >= 4 is 28.4 Å². The molecule has 0 N–H and O–H groups in total. The molecule has 28 heavy (non-hydrogen) atoms. The summed E-state index contributed by atoms with van der Waals surface area (Å²) in [5.74, 6) is 2.96. The molecule has 0 radical (unpaired) electrons. The first-order valence-electron chi connectivity index (χ1n) is 8.56. The number of benzene rings is 2. The molecule has 7 nitrogen and oxygen atoms in total. The van der Waals surface area contributed by atoms with E-state index in [0.717, 1.165) is 27.8 Å². The van der Waals surface area contributed by atoms with E-state index >= 15 is 0 Å². The Morgan fingerprint density at radius 1 is 0.929 bits per heavy atom. The van der Waals surface area contributed by atoms with E-state index in [1.54, 1.807) is 18.7 Å². The van der Waals surface area contributed by atoms with E-state index in [2.05, 4.69) is 15.3 Å². The Morgan fingerprint density at radius 2 is 1.71 bits per heavy atom. The Hall–Kier alpha value is -3.39. The molecule has 4 aromatic rings. The Balaban J connectivity index is 1.49. The first kappa shape index (κ1) is 18.0. The maximum absolute atomic E-state index is 5.78. The van der Waals surface area contributed by atoms with Gasteiger partial charge in [-0.3, -0.25) is 0 Å². The smallest absolute Gasteiger partial charge is 0.235 e. The third kappa shape index (κ3) is 3.81. The van der Waals surface area contributed by atoms with Gasteiger partial charge in [0, 0.05) is 5.56 Å². The minimum atomic E-state index is 0.271. The predicted octanol–water partition coefficient (Wildman–Crippen LogP) is 3.95. The van der Waals surface area contributed by atoms with Gasteiger partial charge >= 0.3 is 0 Å². The van der Waals surface area contributed by atoms with Gasteiger partial charge in [0.1, 0.15) is 28.9 Å². The molecule has 4 rings (SSSR count). The lowest BCUT2D eigenvalue weighted by Crippen LogP contribution is -2.02. The van der Waals surface area contributed by atoms with E-state index in [0.29, 0.717) is 10.8 Å². The van der Waals surface area contributed by atoms with Crippen molar-refractivity contribution in [3.05, 3.63) is 64.9 Å². The lowest BCUT2D eigenvalue weighted by atomic mass is 10.2. The number of fused-ring (bicyclic) bond motifs is 1. The van der Waals surface area contributed by atoms with Gasteiger partial charge in [0.05, 0.1) is 14.2 Å². The van der Waals surface area contributed by atoms with Crippen LogP contribution in [-0.4, -0.2) is 34.0 Å². The fourth-order valence-corrected chi connectivity index (χ4v) is 3.37. The summed E-state index contributed by atoms with van der Waals surface area (Å²) in [4.78, 5) is 0.716. The van der Waals surface area contributed by atoms with Crippen LogP contribution in [0.25, 0.3) is 17.1 Å². The van der Waals surface area contributed by atoms with Crippen molar-refractivity contribution in [3.8, 4) is 17.2 Å². The summed E-state index contributed by atoms with van der Waals surface area (Å²) in [5.41, 5.74) is 0.985. The average molecular weight is 394 g/mol. The molecule has 2 heterocycles. The minimum Gasteiger partial charge on any atom is -0.497 e. The number of para-hydroxylation sites is 1. The number of aromatic nitrogens is 4. The van der Waals surface area contributed by atoms with Gasteiger partial charge in [-0.15, -0.1) is 10.2 Å². The van der Waals surface area contributed by atoms with Gasteiger partial charge in [-0.2, -0.15) is 9.61 Å². The summed E-state index contributed by atoms with van der Waals surface area (Å²) in [7, 11) is 3.29. The molecule has 0 aliphatic heterocycles. The molecule has 2 aromatic carbocycles. The monoisotopic (exact) mass is 394 g/mol. The summed E-state index contributed by atoms with van der Waals surface area (Å²) in [6.45, 7) is 0.271. The molecule has 0 spiro atoms. The van der Waals surface area contributed by atoms with Crippen molar-refractivity contribution in [1.29, 1.82) is 0 Å². The molecule has 2 aromatic heterocycles. The molecule has 0 atom stereocenters. The normalized spacial score (nSPS) is 11.2. The molecule has 0 saturated heterocycles. The van der Waals surface area contributed by atoms with Crippen LogP contribution in [0, 0.1) is 0 Å². The molecule has 0 aliphatic rings. The summed E-state index contributed by atoms with van der Waals surface area (Å²) in [5, 5.41) is 13.7. The van der Waals surface area contributed by atoms with Gasteiger partial charge in [0.2, 0.25) is 4.96 Å². The number of ether oxygens (including phenoxy) is 3. The lowest BCUT2D eigenvalue weighted by Gasteiger charge is -2.05. The number of hydrogen-bond acceptors (Lipinski definition) is 7. The summed E-state index contributed by atoms with van der Waals surface area (Å²) in [6.07, 6.45) is 3.91. The molecule has 0 bridgehead atoms. The molecule has 8 heteroatoms. The Bertz CT molecular complexity index is 1100. The number of nitrogens with zero attached hydrogens (tertiary/aromatic N) is 4. The second-order valence-electron chi connectivity index (χ2n) is 5.79. The number of hydrogen-bond donors (Lipinski definition) is 0. The zero-order valence-corrected chi connectivity index (χ0v) is 16.2. The minimum absolute atomic E-state index is 0.271. The van der Waals surface area contributed by atoms with Crippen LogP contribution in [-0.2, 0) is 6.61 Å². The first-order valence-corrected chi connectivity index (χ1v) is 9.37. The van der Waals surface area contributed by atoms with E-state index < -0.39 is 0 Å². The standard InChI is InChI=1S/C20H18N4O3S/c1-25-15-8-10-16(11-9-15)27-13-18-21-22-20-24(18)23-19(28-20)12-7-14-5-3-4-6-17(14)26-2/h3-12H,13H2,1-2H3. The highest BCUT2D eigenvalue weighted by Crippen LogP contribution is 2.22. The zero-order chi connectivity index (χ0) is 19.3. The molecule has 0 fully saturated rings. The molecule has 0 unspecified atom stereocenters. The molecular weight excluding hydrogens is 376 g/mol. The third-order valence-corrected chi connectivity index (χ3v) is 4.91.